The molecule has 15 heterocycles. The summed E-state index contributed by atoms with van der Waals surface area (Å²) < 4.78 is 0. The van der Waals surface area contributed by atoms with E-state index in [1.807, 2.05) is 0 Å². The number of likely N-dealkylation sites (N-methyl/N-ethyl adjacent to an activating group) is 11. The number of piperidine rings is 5. The second-order valence-corrected chi connectivity index (χ2v) is 39.2. The first-order valence-electron chi connectivity index (χ1n) is 48.1. The fourth-order valence-electron chi connectivity index (χ4n) is 17.5. The summed E-state index contributed by atoms with van der Waals surface area (Å²) in [5.74, 6) is 1.95. The fourth-order valence-corrected chi connectivity index (χ4v) is 17.5. The summed E-state index contributed by atoms with van der Waals surface area (Å²) in [6.07, 6.45) is 34.3. The Balaban J connectivity index is 0.000000323. The summed E-state index contributed by atoms with van der Waals surface area (Å²) in [6, 6.07) is 4.47. The SMILES string of the molecule is C.C.CC(C)N1CCN(C)CC1.CC1CCN(C)CC1.CC1CCNCC1.CN1CCCCC1.CN1CCCCC1.CN1CCCCCC1.CN1CCN(C)CC1.CN1CCN(C)CC1.CN1CCN(C)CC1.CN1CCN(C2CC2)CC1.CN1CCN(C2CCC2)CC1.CN1CCN2CCCC2C1.CN1CCN2CCCCC2C1. The molecule has 15 aliphatic heterocycles. The number of piperazine rings is 8. The van der Waals surface area contributed by atoms with Gasteiger partial charge in [-0.3, -0.25) is 24.5 Å². The largest absolute Gasteiger partial charge is 0.317 e. The van der Waals surface area contributed by atoms with Gasteiger partial charge < -0.3 is 78.8 Å². The summed E-state index contributed by atoms with van der Waals surface area (Å²) in [5, 5.41) is 3.32. The lowest BCUT2D eigenvalue weighted by atomic mass is 9.91. The van der Waals surface area contributed by atoms with Gasteiger partial charge in [0, 0.05) is 227 Å². The monoisotopic (exact) mass is 1630 g/mol. The molecule has 21 heteroatoms. The summed E-state index contributed by atoms with van der Waals surface area (Å²) in [7, 11) is 32.9. The van der Waals surface area contributed by atoms with Gasteiger partial charge in [-0.25, -0.2) is 0 Å². The highest BCUT2D eigenvalue weighted by Crippen LogP contribution is 2.28. The van der Waals surface area contributed by atoms with Crippen LogP contribution in [0.25, 0.3) is 0 Å². The summed E-state index contributed by atoms with van der Waals surface area (Å²) in [5.41, 5.74) is 0. The number of hydrogen-bond donors (Lipinski definition) is 1. The Morgan fingerprint density at radius 3 is 0.696 bits per heavy atom. The van der Waals surface area contributed by atoms with Crippen molar-refractivity contribution in [2.24, 2.45) is 11.8 Å². The third kappa shape index (κ3) is 53.2. The van der Waals surface area contributed by atoms with Crippen molar-refractivity contribution >= 4 is 0 Å². The lowest BCUT2D eigenvalue weighted by Crippen LogP contribution is -2.53. The Labute approximate surface area is 718 Å². The second kappa shape index (κ2) is 65.7. The molecule has 0 amide bonds. The van der Waals surface area contributed by atoms with E-state index in [9.17, 15) is 0 Å². The maximum absolute atomic E-state index is 3.32. The first-order chi connectivity index (χ1) is 54.4. The topological polar surface area (TPSA) is 76.8 Å². The minimum atomic E-state index is 0. The molecular formula is C94H205N21. The second-order valence-electron chi connectivity index (χ2n) is 39.2. The molecule has 2 atom stereocenters. The molecule has 0 aromatic heterocycles. The molecule has 0 radical (unpaired) electrons. The Hall–Kier alpha value is -0.840. The molecule has 115 heavy (non-hydrogen) atoms. The Bertz CT molecular complexity index is 1940. The summed E-state index contributed by atoms with van der Waals surface area (Å²) >= 11 is 0. The van der Waals surface area contributed by atoms with Gasteiger partial charge in [-0.1, -0.05) is 67.2 Å². The van der Waals surface area contributed by atoms with Crippen LogP contribution in [-0.4, -0.2) is 509 Å². The molecule has 1 N–H and O–H groups in total. The van der Waals surface area contributed by atoms with Crippen LogP contribution >= 0.6 is 0 Å². The molecular weight excluding hydrogens is 1420 g/mol. The standard InChI is InChI=1S/2C9H18N2.2C8H16N2.C8H18N2.2C7H15N.3C6H14N2.3C6H13N.2CH4/c1-10-5-7-11(8-6-10)9-3-2-4-9;1-10-6-7-11-5-3-2-4-9(11)8-10;1-9-4-6-10(7-5-9)8-2-3-8;1-9-5-6-10-4-2-3-8(10)7-9;1-8(2)10-6-4-9(3)5-7-10;1-7-3-5-8(2)6-4-7;1-8-6-4-2-3-5-7-8;3*1-7-3-5-8(2)6-4-7;1-6-2-4-7-5-3-6;2*1-7-5-3-2-4-6-7;;/h2*9H,2-8H2,1H3;2*8H,2-7H2,1H3;8H,4-7H2,1-3H3;7H,3-6H2,1-2H3;2-7H2,1H3;3*3-6H2,1-2H3;6-7H,2-5H2,1H3;2*2-6H2,1H3;2*1H4. The molecule has 2 saturated carbocycles. The van der Waals surface area contributed by atoms with Gasteiger partial charge in [-0.2, -0.15) is 0 Å². The van der Waals surface area contributed by atoms with Crippen molar-refractivity contribution in [1.29, 1.82) is 0 Å². The third-order valence-corrected chi connectivity index (χ3v) is 27.6. The average Bonchev–Trinajstić information content (AvgIpc) is 1.73. The molecule has 21 nitrogen and oxygen atoms in total. The van der Waals surface area contributed by atoms with E-state index in [0.29, 0.717) is 0 Å². The van der Waals surface area contributed by atoms with Crippen molar-refractivity contribution in [1.82, 2.24) is 103 Å². The van der Waals surface area contributed by atoms with E-state index in [1.54, 1.807) is 0 Å². The first-order valence-corrected chi connectivity index (χ1v) is 48.1. The molecule has 0 spiro atoms. The minimum Gasteiger partial charge on any atom is -0.317 e. The molecule has 2 aliphatic carbocycles. The van der Waals surface area contributed by atoms with E-state index in [1.165, 1.54) is 429 Å². The highest BCUT2D eigenvalue weighted by molar-refractivity contribution is 4.89. The summed E-state index contributed by atoms with van der Waals surface area (Å²) in [4.78, 5) is 49.1. The van der Waals surface area contributed by atoms with Crippen LogP contribution in [0.2, 0.25) is 0 Å². The van der Waals surface area contributed by atoms with Gasteiger partial charge in [-0.05, 0) is 326 Å². The predicted octanol–water partition coefficient (Wildman–Crippen LogP) is 9.92. The maximum atomic E-state index is 3.32. The highest BCUT2D eigenvalue weighted by Gasteiger charge is 2.32. The van der Waals surface area contributed by atoms with Crippen LogP contribution in [0.3, 0.4) is 0 Å². The van der Waals surface area contributed by atoms with E-state index in [-0.39, 0.29) is 14.9 Å². The molecule has 0 aromatic rings. The first kappa shape index (κ1) is 108. The van der Waals surface area contributed by atoms with Crippen molar-refractivity contribution < 1.29 is 0 Å². The predicted molar refractivity (Wildman–Crippen MR) is 506 cm³/mol. The zero-order valence-electron chi connectivity index (χ0n) is 79.2. The normalized spacial score (nSPS) is 27.9. The van der Waals surface area contributed by atoms with Crippen LogP contribution in [0.5, 0.6) is 0 Å². The van der Waals surface area contributed by atoms with E-state index in [2.05, 4.69) is 237 Å². The lowest BCUT2D eigenvalue weighted by Gasteiger charge is -2.42. The van der Waals surface area contributed by atoms with Gasteiger partial charge in [0.2, 0.25) is 0 Å². The molecule has 17 aliphatic rings. The minimum absolute atomic E-state index is 0. The van der Waals surface area contributed by atoms with Crippen LogP contribution in [0.15, 0.2) is 0 Å². The van der Waals surface area contributed by atoms with Crippen molar-refractivity contribution in [2.75, 3.05) is 381 Å². The number of likely N-dealkylation sites (tertiary alicyclic amines) is 4. The molecule has 2 unspecified atom stereocenters. The average molecular weight is 1630 g/mol. The molecule has 17 fully saturated rings. The highest BCUT2D eigenvalue weighted by atomic mass is 15.3. The number of rotatable bonds is 3. The van der Waals surface area contributed by atoms with Gasteiger partial charge in [0.25, 0.3) is 0 Å². The van der Waals surface area contributed by atoms with Crippen LogP contribution in [0, 0.1) is 11.8 Å². The van der Waals surface area contributed by atoms with Gasteiger partial charge in [0.05, 0.1) is 0 Å². The van der Waals surface area contributed by atoms with Crippen molar-refractivity contribution in [2.45, 2.75) is 227 Å². The van der Waals surface area contributed by atoms with Crippen molar-refractivity contribution in [3.8, 4) is 0 Å². The van der Waals surface area contributed by atoms with Crippen molar-refractivity contribution in [3.63, 3.8) is 0 Å². The van der Waals surface area contributed by atoms with Gasteiger partial charge in [0.15, 0.2) is 0 Å². The molecule has 686 valence electrons. The van der Waals surface area contributed by atoms with Crippen LogP contribution in [0.4, 0.5) is 0 Å². The van der Waals surface area contributed by atoms with Crippen molar-refractivity contribution in [3.05, 3.63) is 0 Å². The maximum Gasteiger partial charge on any atom is 0.0224 e. The quantitative estimate of drug-likeness (QED) is 0.291. The van der Waals surface area contributed by atoms with E-state index in [0.717, 1.165) is 42.0 Å². The lowest BCUT2D eigenvalue weighted by molar-refractivity contribution is 0.0623. The number of nitrogens with one attached hydrogen (secondary N) is 1. The van der Waals surface area contributed by atoms with Crippen LogP contribution in [-0.2, 0) is 0 Å². The Kier molecular flexibility index (Phi) is 61.9. The Morgan fingerprint density at radius 1 is 0.191 bits per heavy atom. The number of nitrogens with zero attached hydrogens (tertiary/aromatic N) is 20. The zero-order chi connectivity index (χ0) is 82.0. The number of hydrogen-bond acceptors (Lipinski definition) is 21. The van der Waals surface area contributed by atoms with Gasteiger partial charge in [0.1, 0.15) is 0 Å². The summed E-state index contributed by atoms with van der Waals surface area (Å²) in [6.45, 7) is 62.8. The third-order valence-electron chi connectivity index (χ3n) is 27.6. The van der Waals surface area contributed by atoms with Gasteiger partial charge in [-0.15, -0.1) is 0 Å². The molecule has 0 bridgehead atoms. The van der Waals surface area contributed by atoms with E-state index >= 15 is 0 Å². The van der Waals surface area contributed by atoms with Gasteiger partial charge >= 0.3 is 0 Å². The fraction of sp³-hybridized carbons (Fsp3) is 1.00. The smallest absolute Gasteiger partial charge is 0.0224 e. The van der Waals surface area contributed by atoms with E-state index < -0.39 is 0 Å². The van der Waals surface area contributed by atoms with Crippen LogP contribution < -0.4 is 5.32 Å². The molecule has 17 rings (SSSR count). The van der Waals surface area contributed by atoms with Crippen LogP contribution in [0.1, 0.15) is 197 Å². The van der Waals surface area contributed by atoms with E-state index in [4.69, 9.17) is 0 Å². The zero-order valence-corrected chi connectivity index (χ0v) is 79.2. The molecule has 0 aromatic carbocycles. The Morgan fingerprint density at radius 2 is 0.417 bits per heavy atom. The number of fused-ring (bicyclic) bond motifs is 2. The molecule has 15 saturated heterocycles.